The highest BCUT2D eigenvalue weighted by Gasteiger charge is 2.17. The molecule has 1 aliphatic heterocycles. The summed E-state index contributed by atoms with van der Waals surface area (Å²) in [5.41, 5.74) is 1.37. The average molecular weight is 292 g/mol. The Morgan fingerprint density at radius 2 is 1.95 bits per heavy atom. The molecule has 1 fully saturated rings. The molecule has 4 nitrogen and oxygen atoms in total. The minimum atomic E-state index is 0.642. The van der Waals surface area contributed by atoms with Crippen LogP contribution in [-0.4, -0.2) is 52.3 Å². The molecule has 1 saturated heterocycles. The van der Waals surface area contributed by atoms with Crippen LogP contribution in [0.2, 0.25) is 0 Å². The third-order valence-corrected chi connectivity index (χ3v) is 4.01. The fraction of sp³-hybridized carbons (Fsp3) is 0.647. The van der Waals surface area contributed by atoms with Gasteiger partial charge >= 0.3 is 0 Å². The molecule has 0 saturated carbocycles. The minimum absolute atomic E-state index is 0.642. The van der Waals surface area contributed by atoms with Gasteiger partial charge in [0.15, 0.2) is 11.5 Å². The number of methoxy groups -OCH3 is 1. The molecule has 4 heteroatoms. The Morgan fingerprint density at radius 1 is 1.19 bits per heavy atom. The first kappa shape index (κ1) is 16.1. The third kappa shape index (κ3) is 4.90. The van der Waals surface area contributed by atoms with Crippen molar-refractivity contribution in [1.82, 2.24) is 10.2 Å². The summed E-state index contributed by atoms with van der Waals surface area (Å²) < 4.78 is 11.4. The van der Waals surface area contributed by atoms with Gasteiger partial charge in [0, 0.05) is 6.54 Å². The summed E-state index contributed by atoms with van der Waals surface area (Å²) >= 11 is 0. The predicted molar refractivity (Wildman–Crippen MR) is 86.5 cm³/mol. The second-order valence-electron chi connectivity index (χ2n) is 5.94. The lowest BCUT2D eigenvalue weighted by atomic mass is 9.90. The van der Waals surface area contributed by atoms with E-state index in [4.69, 9.17) is 9.47 Å². The number of rotatable bonds is 7. The van der Waals surface area contributed by atoms with Gasteiger partial charge in [0.25, 0.3) is 0 Å². The number of nitrogens with zero attached hydrogens (tertiary/aromatic N) is 1. The molecule has 0 aromatic heterocycles. The summed E-state index contributed by atoms with van der Waals surface area (Å²) in [7, 11) is 5.87. The molecule has 1 N–H and O–H groups in total. The monoisotopic (exact) mass is 292 g/mol. The topological polar surface area (TPSA) is 33.7 Å². The van der Waals surface area contributed by atoms with E-state index in [0.29, 0.717) is 5.92 Å². The van der Waals surface area contributed by atoms with E-state index in [0.717, 1.165) is 44.2 Å². The standard InChI is InChI=1S/C17H28N2O2/c1-19(2)11-4-12-21-16-6-5-15(13-17(16)20-3)14-7-9-18-10-8-14/h5-6,13-14,18H,4,7-12H2,1-3H3. The number of benzene rings is 1. The first-order chi connectivity index (χ1) is 10.2. The predicted octanol–water partition coefficient (Wildman–Crippen LogP) is 2.49. The molecule has 0 aliphatic carbocycles. The minimum Gasteiger partial charge on any atom is -0.493 e. The molecule has 0 atom stereocenters. The van der Waals surface area contributed by atoms with Gasteiger partial charge in [-0.1, -0.05) is 6.07 Å². The van der Waals surface area contributed by atoms with Crippen molar-refractivity contribution in [1.29, 1.82) is 0 Å². The summed E-state index contributed by atoms with van der Waals surface area (Å²) in [5.74, 6) is 2.35. The normalized spacial score (nSPS) is 16.2. The Labute approximate surface area is 128 Å². The number of nitrogens with one attached hydrogen (secondary N) is 1. The van der Waals surface area contributed by atoms with Crippen molar-refractivity contribution in [2.75, 3.05) is 47.4 Å². The molecule has 0 unspecified atom stereocenters. The van der Waals surface area contributed by atoms with Crippen LogP contribution in [0.4, 0.5) is 0 Å². The van der Waals surface area contributed by atoms with Gasteiger partial charge in [-0.25, -0.2) is 0 Å². The summed E-state index contributed by atoms with van der Waals surface area (Å²) in [4.78, 5) is 2.17. The van der Waals surface area contributed by atoms with E-state index in [1.165, 1.54) is 18.4 Å². The zero-order chi connectivity index (χ0) is 15.1. The number of hydrogen-bond acceptors (Lipinski definition) is 4. The Morgan fingerprint density at radius 3 is 2.62 bits per heavy atom. The molecular formula is C17H28N2O2. The summed E-state index contributed by atoms with van der Waals surface area (Å²) in [6, 6.07) is 6.41. The lowest BCUT2D eigenvalue weighted by Crippen LogP contribution is -2.26. The third-order valence-electron chi connectivity index (χ3n) is 4.01. The first-order valence-corrected chi connectivity index (χ1v) is 7.87. The lowest BCUT2D eigenvalue weighted by Gasteiger charge is -2.23. The molecule has 0 radical (unpaired) electrons. The van der Waals surface area contributed by atoms with Crippen molar-refractivity contribution >= 4 is 0 Å². The van der Waals surface area contributed by atoms with Crippen molar-refractivity contribution in [2.24, 2.45) is 0 Å². The van der Waals surface area contributed by atoms with E-state index >= 15 is 0 Å². The zero-order valence-corrected chi connectivity index (χ0v) is 13.5. The summed E-state index contributed by atoms with van der Waals surface area (Å²) in [5, 5.41) is 3.41. The Balaban J connectivity index is 1.95. The molecule has 0 amide bonds. The van der Waals surface area contributed by atoms with Gasteiger partial charge in [-0.15, -0.1) is 0 Å². The highest BCUT2D eigenvalue weighted by atomic mass is 16.5. The van der Waals surface area contributed by atoms with Crippen molar-refractivity contribution in [3.63, 3.8) is 0 Å². The molecule has 21 heavy (non-hydrogen) atoms. The SMILES string of the molecule is COc1cc(C2CCNCC2)ccc1OCCCN(C)C. The van der Waals surface area contributed by atoms with Gasteiger partial charge in [0.05, 0.1) is 13.7 Å². The Bertz CT molecular complexity index is 429. The molecule has 1 aromatic rings. The quantitative estimate of drug-likeness (QED) is 0.783. The maximum atomic E-state index is 5.86. The van der Waals surface area contributed by atoms with E-state index in [-0.39, 0.29) is 0 Å². The van der Waals surface area contributed by atoms with Crippen molar-refractivity contribution < 1.29 is 9.47 Å². The van der Waals surface area contributed by atoms with Crippen LogP contribution in [0.15, 0.2) is 18.2 Å². The second kappa shape index (κ2) is 8.25. The molecule has 0 spiro atoms. The zero-order valence-electron chi connectivity index (χ0n) is 13.5. The van der Waals surface area contributed by atoms with Crippen LogP contribution < -0.4 is 14.8 Å². The molecule has 1 heterocycles. The highest BCUT2D eigenvalue weighted by molar-refractivity contribution is 5.44. The van der Waals surface area contributed by atoms with Gasteiger partial charge in [-0.3, -0.25) is 0 Å². The van der Waals surface area contributed by atoms with Crippen LogP contribution in [0.25, 0.3) is 0 Å². The fourth-order valence-corrected chi connectivity index (χ4v) is 2.78. The Hall–Kier alpha value is -1.26. The van der Waals surface area contributed by atoms with Gasteiger partial charge in [0.1, 0.15) is 0 Å². The van der Waals surface area contributed by atoms with Gasteiger partial charge in [-0.2, -0.15) is 0 Å². The molecular weight excluding hydrogens is 264 g/mol. The van der Waals surface area contributed by atoms with Crippen LogP contribution in [-0.2, 0) is 0 Å². The average Bonchev–Trinajstić information content (AvgIpc) is 2.52. The van der Waals surface area contributed by atoms with Gasteiger partial charge in [0.2, 0.25) is 0 Å². The molecule has 1 aliphatic rings. The van der Waals surface area contributed by atoms with Crippen molar-refractivity contribution in [3.8, 4) is 11.5 Å². The summed E-state index contributed by atoms with van der Waals surface area (Å²) in [6.45, 7) is 3.97. The molecule has 0 bridgehead atoms. The smallest absolute Gasteiger partial charge is 0.161 e. The second-order valence-corrected chi connectivity index (χ2v) is 5.94. The lowest BCUT2D eigenvalue weighted by molar-refractivity contribution is 0.268. The maximum absolute atomic E-state index is 5.86. The van der Waals surface area contributed by atoms with E-state index < -0.39 is 0 Å². The van der Waals surface area contributed by atoms with Crippen molar-refractivity contribution in [2.45, 2.75) is 25.2 Å². The van der Waals surface area contributed by atoms with Crippen LogP contribution >= 0.6 is 0 Å². The molecule has 1 aromatic carbocycles. The van der Waals surface area contributed by atoms with Crippen LogP contribution in [0.1, 0.15) is 30.7 Å². The maximum Gasteiger partial charge on any atom is 0.161 e. The van der Waals surface area contributed by atoms with E-state index in [1.54, 1.807) is 7.11 Å². The van der Waals surface area contributed by atoms with Crippen molar-refractivity contribution in [3.05, 3.63) is 23.8 Å². The van der Waals surface area contributed by atoms with E-state index in [2.05, 4.69) is 42.5 Å². The van der Waals surface area contributed by atoms with Crippen LogP contribution in [0.3, 0.4) is 0 Å². The highest BCUT2D eigenvalue weighted by Crippen LogP contribution is 2.33. The molecule has 118 valence electrons. The van der Waals surface area contributed by atoms with Crippen LogP contribution in [0, 0.1) is 0 Å². The summed E-state index contributed by atoms with van der Waals surface area (Å²) in [6.07, 6.45) is 3.42. The van der Waals surface area contributed by atoms with Gasteiger partial charge in [-0.05, 0) is 70.1 Å². The van der Waals surface area contributed by atoms with Gasteiger partial charge < -0.3 is 19.7 Å². The largest absolute Gasteiger partial charge is 0.493 e. The number of hydrogen-bond donors (Lipinski definition) is 1. The van der Waals surface area contributed by atoms with E-state index in [1.807, 2.05) is 0 Å². The van der Waals surface area contributed by atoms with Crippen LogP contribution in [0.5, 0.6) is 11.5 Å². The van der Waals surface area contributed by atoms with E-state index in [9.17, 15) is 0 Å². The Kier molecular flexibility index (Phi) is 6.33. The number of piperidine rings is 1. The number of ether oxygens (including phenoxy) is 2. The fourth-order valence-electron chi connectivity index (χ4n) is 2.78. The first-order valence-electron chi connectivity index (χ1n) is 7.87. The molecule has 2 rings (SSSR count).